The van der Waals surface area contributed by atoms with E-state index in [1.165, 1.54) is 12.1 Å². The maximum absolute atomic E-state index is 14.3. The molecule has 1 heterocycles. The Kier molecular flexibility index (Phi) is 8.22. The van der Waals surface area contributed by atoms with Crippen LogP contribution in [0, 0.1) is 11.2 Å². The number of hydrogen-bond donors (Lipinski definition) is 2. The molecule has 1 aromatic rings. The van der Waals surface area contributed by atoms with Gasteiger partial charge in [-0.1, -0.05) is 44.5 Å². The molecule has 6 heteroatoms. The first-order chi connectivity index (χ1) is 11.9. The quantitative estimate of drug-likeness (QED) is 0.582. The van der Waals surface area contributed by atoms with Crippen LogP contribution in [0.15, 0.2) is 48.6 Å². The minimum absolute atomic E-state index is 0.205. The SMILES string of the molecule is CC.CC/C=C/C=C1\N(C)C=CN1Cc1c(F)cc(C(=N)N)cc1Cl. The van der Waals surface area contributed by atoms with Gasteiger partial charge >= 0.3 is 0 Å². The summed E-state index contributed by atoms with van der Waals surface area (Å²) in [5, 5.41) is 7.65. The Balaban J connectivity index is 0.00000151. The lowest BCUT2D eigenvalue weighted by molar-refractivity contribution is 0.381. The Morgan fingerprint density at radius 1 is 1.32 bits per heavy atom. The molecule has 0 fully saturated rings. The Morgan fingerprint density at radius 2 is 2.00 bits per heavy atom. The smallest absolute Gasteiger partial charge is 0.130 e. The largest absolute Gasteiger partial charge is 0.384 e. The molecule has 0 spiro atoms. The van der Waals surface area contributed by atoms with Crippen LogP contribution < -0.4 is 5.73 Å². The van der Waals surface area contributed by atoms with E-state index in [1.54, 1.807) is 0 Å². The van der Waals surface area contributed by atoms with Gasteiger partial charge in [-0.15, -0.1) is 0 Å². The predicted octanol–water partition coefficient (Wildman–Crippen LogP) is 4.82. The third kappa shape index (κ3) is 5.36. The van der Waals surface area contributed by atoms with Crippen LogP contribution in [0.3, 0.4) is 0 Å². The highest BCUT2D eigenvalue weighted by Gasteiger charge is 2.20. The fourth-order valence-electron chi connectivity index (χ4n) is 2.25. The van der Waals surface area contributed by atoms with Gasteiger partial charge in [-0.05, 0) is 24.6 Å². The van der Waals surface area contributed by atoms with Crippen molar-refractivity contribution >= 4 is 17.4 Å². The van der Waals surface area contributed by atoms with Gasteiger partial charge in [0.05, 0.1) is 6.54 Å². The van der Waals surface area contributed by atoms with Gasteiger partial charge in [-0.25, -0.2) is 4.39 Å². The zero-order valence-electron chi connectivity index (χ0n) is 15.2. The normalized spacial score (nSPS) is 15.0. The van der Waals surface area contributed by atoms with Gasteiger partial charge in [0.15, 0.2) is 0 Å². The van der Waals surface area contributed by atoms with E-state index >= 15 is 0 Å². The van der Waals surface area contributed by atoms with E-state index < -0.39 is 5.82 Å². The van der Waals surface area contributed by atoms with Gasteiger partial charge in [0.25, 0.3) is 0 Å². The summed E-state index contributed by atoms with van der Waals surface area (Å²) in [5.74, 6) is 0.262. The van der Waals surface area contributed by atoms with E-state index in [2.05, 4.69) is 6.92 Å². The van der Waals surface area contributed by atoms with Crippen molar-refractivity contribution in [3.63, 3.8) is 0 Å². The molecule has 25 heavy (non-hydrogen) atoms. The number of halogens is 2. The van der Waals surface area contributed by atoms with E-state index in [1.807, 2.05) is 61.3 Å². The van der Waals surface area contributed by atoms with Gasteiger partial charge in [0.1, 0.15) is 17.5 Å². The molecule has 136 valence electrons. The maximum Gasteiger partial charge on any atom is 0.130 e. The van der Waals surface area contributed by atoms with E-state index in [9.17, 15) is 4.39 Å². The molecule has 1 aliphatic rings. The lowest BCUT2D eigenvalue weighted by atomic mass is 10.1. The minimum atomic E-state index is -0.464. The van der Waals surface area contributed by atoms with Crippen molar-refractivity contribution in [2.24, 2.45) is 5.73 Å². The van der Waals surface area contributed by atoms with Crippen molar-refractivity contribution in [3.8, 4) is 0 Å². The molecule has 4 nitrogen and oxygen atoms in total. The lowest BCUT2D eigenvalue weighted by Crippen LogP contribution is -2.21. The second kappa shape index (κ2) is 9.89. The summed E-state index contributed by atoms with van der Waals surface area (Å²) in [6.07, 6.45) is 10.7. The van der Waals surface area contributed by atoms with Crippen molar-refractivity contribution in [2.45, 2.75) is 33.7 Å². The van der Waals surface area contributed by atoms with Crippen LogP contribution >= 0.6 is 11.6 Å². The molecular weight excluding hydrogens is 339 g/mol. The Labute approximate surface area is 154 Å². The van der Waals surface area contributed by atoms with Crippen LogP contribution in [-0.2, 0) is 6.54 Å². The number of rotatable bonds is 5. The molecule has 0 amide bonds. The fourth-order valence-corrected chi connectivity index (χ4v) is 2.52. The minimum Gasteiger partial charge on any atom is -0.384 e. The standard InChI is InChI=1S/C17H20ClFN4.C2H6/c1-3-4-5-6-16-22(2)7-8-23(16)11-13-14(18)9-12(17(20)21)10-15(13)19;1-2/h4-10H,3,11H2,1-2H3,(H3,20,21);1-2H3/b5-4+,16-6+;. The molecule has 0 saturated heterocycles. The average molecular weight is 365 g/mol. The topological polar surface area (TPSA) is 56.4 Å². The fraction of sp³-hybridized carbons (Fsp3) is 0.316. The number of amidine groups is 1. The molecule has 3 N–H and O–H groups in total. The van der Waals surface area contributed by atoms with Crippen molar-refractivity contribution in [2.75, 3.05) is 7.05 Å². The van der Waals surface area contributed by atoms with Crippen LogP contribution in [0.1, 0.15) is 38.3 Å². The van der Waals surface area contributed by atoms with Crippen LogP contribution in [-0.4, -0.2) is 22.7 Å². The first kappa shape index (κ1) is 20.8. The number of benzene rings is 1. The summed E-state index contributed by atoms with van der Waals surface area (Å²) in [7, 11) is 1.93. The molecule has 0 saturated carbocycles. The summed E-state index contributed by atoms with van der Waals surface area (Å²) < 4.78 is 14.3. The van der Waals surface area contributed by atoms with Crippen molar-refractivity contribution < 1.29 is 4.39 Å². The summed E-state index contributed by atoms with van der Waals surface area (Å²) in [6, 6.07) is 2.76. The molecule has 0 aliphatic carbocycles. The highest BCUT2D eigenvalue weighted by molar-refractivity contribution is 6.31. The second-order valence-corrected chi connectivity index (χ2v) is 5.64. The summed E-state index contributed by atoms with van der Waals surface area (Å²) >= 11 is 6.18. The molecule has 1 aliphatic heterocycles. The molecule has 1 aromatic carbocycles. The zero-order chi connectivity index (χ0) is 19.0. The first-order valence-corrected chi connectivity index (χ1v) is 8.68. The number of hydrogen-bond acceptors (Lipinski definition) is 3. The summed E-state index contributed by atoms with van der Waals surface area (Å²) in [6.45, 7) is 6.37. The summed E-state index contributed by atoms with van der Waals surface area (Å²) in [5.41, 5.74) is 6.05. The van der Waals surface area contributed by atoms with Crippen LogP contribution in [0.25, 0.3) is 0 Å². The number of nitrogens with zero attached hydrogens (tertiary/aromatic N) is 2. The first-order valence-electron chi connectivity index (χ1n) is 8.31. The van der Waals surface area contributed by atoms with E-state index in [4.69, 9.17) is 22.7 Å². The molecule has 0 atom stereocenters. The predicted molar refractivity (Wildman–Crippen MR) is 104 cm³/mol. The zero-order valence-corrected chi connectivity index (χ0v) is 15.9. The Morgan fingerprint density at radius 3 is 2.56 bits per heavy atom. The number of allylic oxidation sites excluding steroid dienone is 3. The average Bonchev–Trinajstić information content (AvgIpc) is 2.93. The Bertz CT molecular complexity index is 672. The molecule has 2 rings (SSSR count). The highest BCUT2D eigenvalue weighted by Crippen LogP contribution is 2.27. The van der Waals surface area contributed by atoms with E-state index in [-0.39, 0.29) is 16.4 Å². The highest BCUT2D eigenvalue weighted by atomic mass is 35.5. The van der Waals surface area contributed by atoms with Gasteiger partial charge in [0.2, 0.25) is 0 Å². The maximum atomic E-state index is 14.3. The third-order valence-corrected chi connectivity index (χ3v) is 3.86. The van der Waals surface area contributed by atoms with E-state index in [0.717, 1.165) is 12.2 Å². The number of nitrogens with two attached hydrogens (primary N) is 1. The number of nitrogen functional groups attached to an aromatic ring is 1. The van der Waals surface area contributed by atoms with Crippen LogP contribution in [0.4, 0.5) is 4.39 Å². The van der Waals surface area contributed by atoms with Crippen molar-refractivity contribution in [1.29, 1.82) is 5.41 Å². The van der Waals surface area contributed by atoms with Gasteiger partial charge in [0, 0.05) is 35.6 Å². The lowest BCUT2D eigenvalue weighted by Gasteiger charge is -2.23. The van der Waals surface area contributed by atoms with Crippen LogP contribution in [0.5, 0.6) is 0 Å². The Hall–Kier alpha value is -2.27. The second-order valence-electron chi connectivity index (χ2n) is 5.23. The van der Waals surface area contributed by atoms with Crippen LogP contribution in [0.2, 0.25) is 5.02 Å². The van der Waals surface area contributed by atoms with Crippen molar-refractivity contribution in [1.82, 2.24) is 9.80 Å². The van der Waals surface area contributed by atoms with Gasteiger partial charge in [-0.3, -0.25) is 5.41 Å². The number of nitrogens with one attached hydrogen (secondary N) is 1. The molecule has 0 bridgehead atoms. The van der Waals surface area contributed by atoms with E-state index in [0.29, 0.717) is 12.1 Å². The van der Waals surface area contributed by atoms with Gasteiger partial charge in [-0.2, -0.15) is 0 Å². The molecule has 0 aromatic heterocycles. The summed E-state index contributed by atoms with van der Waals surface area (Å²) in [4.78, 5) is 3.87. The van der Waals surface area contributed by atoms with Crippen molar-refractivity contribution in [3.05, 3.63) is 70.5 Å². The molecular formula is C19H26ClFN4. The molecule has 0 radical (unpaired) electrons. The third-order valence-electron chi connectivity index (χ3n) is 3.52. The monoisotopic (exact) mass is 364 g/mol. The van der Waals surface area contributed by atoms with Gasteiger partial charge < -0.3 is 15.5 Å². The molecule has 0 unspecified atom stereocenters.